The van der Waals surface area contributed by atoms with Crippen molar-refractivity contribution in [1.29, 1.82) is 0 Å². The highest BCUT2D eigenvalue weighted by atomic mass is 32.1. The lowest BCUT2D eigenvalue weighted by Crippen LogP contribution is -2.06. The highest BCUT2D eigenvalue weighted by Crippen LogP contribution is 2.28. The number of aromatic nitrogens is 2. The average Bonchev–Trinajstić information content (AvgIpc) is 2.90. The molecule has 0 aliphatic heterocycles. The maximum atomic E-state index is 5.49. The van der Waals surface area contributed by atoms with E-state index < -0.39 is 0 Å². The van der Waals surface area contributed by atoms with Crippen molar-refractivity contribution in [1.82, 2.24) is 9.97 Å². The second kappa shape index (κ2) is 4.90. The van der Waals surface area contributed by atoms with Crippen LogP contribution in [0, 0.1) is 20.8 Å². The van der Waals surface area contributed by atoms with Crippen molar-refractivity contribution in [2.45, 2.75) is 33.7 Å². The third-order valence-corrected chi connectivity index (χ3v) is 4.47. The Balaban J connectivity index is 1.86. The first-order valence-electron chi connectivity index (χ1n) is 6.60. The first kappa shape index (κ1) is 13.1. The molecule has 0 saturated carbocycles. The number of thiazole rings is 1. The molecular formula is C15H17N3OS. The number of benzene rings is 1. The Morgan fingerprint density at radius 3 is 2.70 bits per heavy atom. The molecule has 0 radical (unpaired) electrons. The Morgan fingerprint density at radius 2 is 2.00 bits per heavy atom. The third kappa shape index (κ3) is 2.41. The molecule has 0 spiro atoms. The molecule has 3 rings (SSSR count). The van der Waals surface area contributed by atoms with Crippen LogP contribution in [0.1, 0.15) is 34.4 Å². The number of hydrogen-bond acceptors (Lipinski definition) is 5. The minimum Gasteiger partial charge on any atom is -0.441 e. The molecule has 0 aliphatic carbocycles. The minimum absolute atomic E-state index is 0.228. The molecule has 2 heterocycles. The predicted molar refractivity (Wildman–Crippen MR) is 82.4 cm³/mol. The maximum absolute atomic E-state index is 5.49. The quantitative estimate of drug-likeness (QED) is 0.776. The third-order valence-electron chi connectivity index (χ3n) is 3.21. The average molecular weight is 287 g/mol. The van der Waals surface area contributed by atoms with E-state index in [1.54, 1.807) is 11.3 Å². The van der Waals surface area contributed by atoms with Gasteiger partial charge < -0.3 is 9.73 Å². The lowest BCUT2D eigenvalue weighted by molar-refractivity contribution is 0.561. The second-order valence-electron chi connectivity index (χ2n) is 4.96. The number of hydrogen-bond donors (Lipinski definition) is 1. The van der Waals surface area contributed by atoms with E-state index in [0.29, 0.717) is 5.89 Å². The number of fused-ring (bicyclic) bond motifs is 1. The van der Waals surface area contributed by atoms with Gasteiger partial charge in [-0.3, -0.25) is 0 Å². The molecule has 1 unspecified atom stereocenters. The van der Waals surface area contributed by atoms with Gasteiger partial charge in [-0.05, 0) is 39.0 Å². The van der Waals surface area contributed by atoms with Crippen LogP contribution in [0.4, 0.5) is 5.69 Å². The van der Waals surface area contributed by atoms with Crippen LogP contribution in [0.25, 0.3) is 11.1 Å². The fraction of sp³-hybridized carbons (Fsp3) is 0.333. The standard InChI is InChI=1S/C15H17N3OS/c1-8-15(20-11(4)16-8)9(2)17-12-5-6-14-13(7-12)18-10(3)19-14/h5-7,9,17H,1-4H3. The van der Waals surface area contributed by atoms with Crippen molar-refractivity contribution >= 4 is 28.1 Å². The van der Waals surface area contributed by atoms with Crippen molar-refractivity contribution in [2.24, 2.45) is 0 Å². The summed E-state index contributed by atoms with van der Waals surface area (Å²) in [6.07, 6.45) is 0. The summed E-state index contributed by atoms with van der Waals surface area (Å²) in [6, 6.07) is 6.22. The summed E-state index contributed by atoms with van der Waals surface area (Å²) in [7, 11) is 0. The SMILES string of the molecule is Cc1nc2cc(NC(C)c3sc(C)nc3C)ccc2o1. The Labute approximate surface area is 121 Å². The van der Waals surface area contributed by atoms with Crippen LogP contribution < -0.4 is 5.32 Å². The molecule has 0 saturated heterocycles. The molecule has 104 valence electrons. The summed E-state index contributed by atoms with van der Waals surface area (Å²) >= 11 is 1.74. The molecule has 0 bridgehead atoms. The van der Waals surface area contributed by atoms with Crippen molar-refractivity contribution in [3.63, 3.8) is 0 Å². The topological polar surface area (TPSA) is 51.0 Å². The van der Waals surface area contributed by atoms with E-state index in [9.17, 15) is 0 Å². The van der Waals surface area contributed by atoms with Gasteiger partial charge in [-0.2, -0.15) is 0 Å². The number of aryl methyl sites for hydroxylation is 3. The highest BCUT2D eigenvalue weighted by Gasteiger charge is 2.13. The lowest BCUT2D eigenvalue weighted by atomic mass is 10.2. The van der Waals surface area contributed by atoms with Crippen LogP contribution in [-0.2, 0) is 0 Å². The van der Waals surface area contributed by atoms with E-state index >= 15 is 0 Å². The van der Waals surface area contributed by atoms with Crippen LogP contribution in [0.3, 0.4) is 0 Å². The van der Waals surface area contributed by atoms with Crippen LogP contribution in [0.2, 0.25) is 0 Å². The summed E-state index contributed by atoms with van der Waals surface area (Å²) in [5.41, 5.74) is 3.86. The molecule has 1 N–H and O–H groups in total. The first-order chi connectivity index (χ1) is 9.52. The molecular weight excluding hydrogens is 270 g/mol. The molecule has 0 amide bonds. The van der Waals surface area contributed by atoms with Crippen molar-refractivity contribution in [3.05, 3.63) is 39.7 Å². The van der Waals surface area contributed by atoms with Crippen molar-refractivity contribution in [2.75, 3.05) is 5.32 Å². The Bertz CT molecular complexity index is 760. The Morgan fingerprint density at radius 1 is 1.20 bits per heavy atom. The number of oxazole rings is 1. The number of nitrogens with zero attached hydrogens (tertiary/aromatic N) is 2. The van der Waals surface area contributed by atoms with Gasteiger partial charge in [0.25, 0.3) is 0 Å². The Kier molecular flexibility index (Phi) is 3.22. The molecule has 1 atom stereocenters. The summed E-state index contributed by atoms with van der Waals surface area (Å²) < 4.78 is 5.49. The maximum Gasteiger partial charge on any atom is 0.192 e. The number of nitrogens with one attached hydrogen (secondary N) is 1. The summed E-state index contributed by atoms with van der Waals surface area (Å²) in [4.78, 5) is 10.1. The Hall–Kier alpha value is -1.88. The normalized spacial score (nSPS) is 12.8. The fourth-order valence-corrected chi connectivity index (χ4v) is 3.33. The van der Waals surface area contributed by atoms with E-state index in [4.69, 9.17) is 4.42 Å². The summed E-state index contributed by atoms with van der Waals surface area (Å²) in [6.45, 7) is 8.11. The van der Waals surface area contributed by atoms with E-state index in [-0.39, 0.29) is 6.04 Å². The predicted octanol–water partition coefficient (Wildman–Crippen LogP) is 4.38. The molecule has 4 nitrogen and oxygen atoms in total. The van der Waals surface area contributed by atoms with Gasteiger partial charge in [-0.15, -0.1) is 11.3 Å². The molecule has 20 heavy (non-hydrogen) atoms. The van der Waals surface area contributed by atoms with E-state index in [0.717, 1.165) is 27.5 Å². The van der Waals surface area contributed by atoms with Crippen molar-refractivity contribution < 1.29 is 4.42 Å². The van der Waals surface area contributed by atoms with E-state index in [1.165, 1.54) is 4.88 Å². The summed E-state index contributed by atoms with van der Waals surface area (Å²) in [5, 5.41) is 4.61. The monoisotopic (exact) mass is 287 g/mol. The molecule has 1 aromatic carbocycles. The zero-order chi connectivity index (χ0) is 14.3. The number of anilines is 1. The van der Waals surface area contributed by atoms with Gasteiger partial charge in [-0.25, -0.2) is 9.97 Å². The van der Waals surface area contributed by atoms with Crippen LogP contribution in [0.15, 0.2) is 22.6 Å². The molecule has 5 heteroatoms. The van der Waals surface area contributed by atoms with Crippen LogP contribution in [0.5, 0.6) is 0 Å². The number of rotatable bonds is 3. The van der Waals surface area contributed by atoms with Gasteiger partial charge in [0.05, 0.1) is 16.7 Å². The zero-order valence-corrected chi connectivity index (χ0v) is 12.8. The van der Waals surface area contributed by atoms with Crippen molar-refractivity contribution in [3.8, 4) is 0 Å². The first-order valence-corrected chi connectivity index (χ1v) is 7.42. The molecule has 0 aliphatic rings. The van der Waals surface area contributed by atoms with Gasteiger partial charge >= 0.3 is 0 Å². The second-order valence-corrected chi connectivity index (χ2v) is 6.20. The largest absolute Gasteiger partial charge is 0.441 e. The molecule has 3 aromatic rings. The van der Waals surface area contributed by atoms with E-state index in [2.05, 4.69) is 29.1 Å². The van der Waals surface area contributed by atoms with E-state index in [1.807, 2.05) is 32.0 Å². The highest BCUT2D eigenvalue weighted by molar-refractivity contribution is 7.11. The minimum atomic E-state index is 0.228. The summed E-state index contributed by atoms with van der Waals surface area (Å²) in [5.74, 6) is 0.694. The van der Waals surface area contributed by atoms with Gasteiger partial charge in [-0.1, -0.05) is 0 Å². The van der Waals surface area contributed by atoms with Crippen LogP contribution in [-0.4, -0.2) is 9.97 Å². The van der Waals surface area contributed by atoms with Crippen LogP contribution >= 0.6 is 11.3 Å². The van der Waals surface area contributed by atoms with Gasteiger partial charge in [0.2, 0.25) is 0 Å². The van der Waals surface area contributed by atoms with Gasteiger partial charge in [0, 0.05) is 17.5 Å². The van der Waals surface area contributed by atoms with Gasteiger partial charge in [0.1, 0.15) is 5.52 Å². The van der Waals surface area contributed by atoms with Gasteiger partial charge in [0.15, 0.2) is 11.5 Å². The lowest BCUT2D eigenvalue weighted by Gasteiger charge is -2.14. The zero-order valence-electron chi connectivity index (χ0n) is 12.0. The molecule has 0 fully saturated rings. The fourth-order valence-electron chi connectivity index (χ4n) is 2.40. The smallest absolute Gasteiger partial charge is 0.192 e. The molecule has 2 aromatic heterocycles.